The molecule has 0 saturated carbocycles. The average molecular weight is 369 g/mol. The third-order valence-corrected chi connectivity index (χ3v) is 6.01. The predicted octanol–water partition coefficient (Wildman–Crippen LogP) is 2.78. The normalized spacial score (nSPS) is 17.5. The number of aromatic nitrogens is 1. The fourth-order valence-electron chi connectivity index (χ4n) is 4.63. The van der Waals surface area contributed by atoms with Crippen LogP contribution in [-0.2, 0) is 0 Å². The molecule has 0 radical (unpaired) electrons. The number of rotatable bonds is 3. The van der Waals surface area contributed by atoms with E-state index in [9.17, 15) is 0 Å². The van der Waals surface area contributed by atoms with Crippen molar-refractivity contribution in [3.63, 3.8) is 0 Å². The van der Waals surface area contributed by atoms with E-state index in [1.165, 1.54) is 22.3 Å². The van der Waals surface area contributed by atoms with Crippen molar-refractivity contribution in [2.75, 3.05) is 26.2 Å². The van der Waals surface area contributed by atoms with Crippen molar-refractivity contribution in [2.45, 2.75) is 13.0 Å². The minimum atomic E-state index is 0.444. The third kappa shape index (κ3) is 3.00. The highest BCUT2D eigenvalue weighted by atomic mass is 15.5. The van der Waals surface area contributed by atoms with Crippen LogP contribution >= 0.6 is 0 Å². The van der Waals surface area contributed by atoms with Gasteiger partial charge in [-0.1, -0.05) is 48.5 Å². The first-order valence-corrected chi connectivity index (χ1v) is 10.0. The van der Waals surface area contributed by atoms with Gasteiger partial charge in [-0.15, -0.1) is 0 Å². The monoisotopic (exact) mass is 369 g/mol. The van der Waals surface area contributed by atoms with Crippen molar-refractivity contribution in [3.8, 4) is 11.1 Å². The zero-order chi connectivity index (χ0) is 18.9. The van der Waals surface area contributed by atoms with Gasteiger partial charge < -0.3 is 4.90 Å². The van der Waals surface area contributed by atoms with E-state index in [2.05, 4.69) is 65.4 Å². The number of nitrogens with zero attached hydrogens (tertiary/aromatic N) is 3. The third-order valence-electron chi connectivity index (χ3n) is 6.01. The Morgan fingerprint density at radius 3 is 2.07 bits per heavy atom. The molecule has 5 rings (SSSR count). The lowest BCUT2D eigenvalue weighted by Crippen LogP contribution is -3.14. The van der Waals surface area contributed by atoms with Gasteiger partial charge in [-0.2, -0.15) is 5.10 Å². The number of pyridine rings is 1. The van der Waals surface area contributed by atoms with Gasteiger partial charge in [-0.3, -0.25) is 9.99 Å². The smallest absolute Gasteiger partial charge is 0.140 e. The summed E-state index contributed by atoms with van der Waals surface area (Å²) >= 11 is 0. The molecule has 1 aliphatic heterocycles. The Morgan fingerprint density at radius 2 is 1.46 bits per heavy atom. The molecule has 28 heavy (non-hydrogen) atoms. The highest BCUT2D eigenvalue weighted by Gasteiger charge is 2.37. The summed E-state index contributed by atoms with van der Waals surface area (Å²) < 4.78 is 0. The van der Waals surface area contributed by atoms with Crippen molar-refractivity contribution < 1.29 is 4.90 Å². The molecule has 1 fully saturated rings. The molecule has 3 aromatic rings. The van der Waals surface area contributed by atoms with Crippen LogP contribution in [0.2, 0.25) is 0 Å². The molecule has 140 valence electrons. The molecule has 4 heteroatoms. The quantitative estimate of drug-likeness (QED) is 0.720. The molecule has 4 nitrogen and oxygen atoms in total. The van der Waals surface area contributed by atoms with Crippen LogP contribution in [0.5, 0.6) is 0 Å². The van der Waals surface area contributed by atoms with Gasteiger partial charge in [0.1, 0.15) is 6.04 Å². The van der Waals surface area contributed by atoms with Gasteiger partial charge in [0.05, 0.1) is 31.9 Å². The minimum Gasteiger partial charge on any atom is -0.322 e. The zero-order valence-corrected chi connectivity index (χ0v) is 16.2. The molecule has 1 aliphatic carbocycles. The Hall–Kier alpha value is -2.98. The van der Waals surface area contributed by atoms with Crippen LogP contribution in [0, 0.1) is 0 Å². The molecule has 2 aromatic carbocycles. The second kappa shape index (κ2) is 7.21. The molecule has 1 aromatic heterocycles. The summed E-state index contributed by atoms with van der Waals surface area (Å²) in [5, 5.41) is 7.09. The predicted molar refractivity (Wildman–Crippen MR) is 112 cm³/mol. The molecule has 2 heterocycles. The first kappa shape index (κ1) is 17.1. The summed E-state index contributed by atoms with van der Waals surface area (Å²) in [6.45, 7) is 6.25. The van der Waals surface area contributed by atoms with Crippen LogP contribution in [0.25, 0.3) is 11.1 Å². The standard InChI is InChI=1S/C24H24N4/c1-18(19-10-12-25-13-11-19)26-28-16-14-27(15-17-28)24-22-8-4-2-6-20(22)21-7-3-5-9-23(21)24/h2-13,24H,14-17H2,1H3/p+1/b26-18-. The molecule has 2 aliphatic rings. The van der Waals surface area contributed by atoms with Gasteiger partial charge in [-0.05, 0) is 30.2 Å². The van der Waals surface area contributed by atoms with Gasteiger partial charge in [0.25, 0.3) is 0 Å². The lowest BCUT2D eigenvalue weighted by Gasteiger charge is -2.35. The summed E-state index contributed by atoms with van der Waals surface area (Å²) in [5.74, 6) is 0. The molecule has 0 atom stereocenters. The molecule has 0 amide bonds. The van der Waals surface area contributed by atoms with E-state index in [4.69, 9.17) is 5.10 Å². The number of benzene rings is 2. The summed E-state index contributed by atoms with van der Waals surface area (Å²) in [4.78, 5) is 5.74. The summed E-state index contributed by atoms with van der Waals surface area (Å²) in [5.41, 5.74) is 7.97. The Kier molecular flexibility index (Phi) is 4.41. The lowest BCUT2D eigenvalue weighted by atomic mass is 10.0. The van der Waals surface area contributed by atoms with Crippen molar-refractivity contribution >= 4 is 5.71 Å². The van der Waals surface area contributed by atoms with Crippen LogP contribution < -0.4 is 4.90 Å². The SMILES string of the molecule is C/C(=N/N1CC[NH+](C2c3ccccc3-c3ccccc32)CC1)c1ccncc1. The van der Waals surface area contributed by atoms with Gasteiger partial charge in [0.2, 0.25) is 0 Å². The number of quaternary nitrogens is 1. The Morgan fingerprint density at radius 1 is 0.893 bits per heavy atom. The molecule has 0 bridgehead atoms. The maximum absolute atomic E-state index is 4.86. The Bertz CT molecular complexity index is 958. The maximum Gasteiger partial charge on any atom is 0.140 e. The zero-order valence-electron chi connectivity index (χ0n) is 16.2. The fraction of sp³-hybridized carbons (Fsp3) is 0.250. The van der Waals surface area contributed by atoms with Gasteiger partial charge in [0.15, 0.2) is 0 Å². The van der Waals surface area contributed by atoms with Crippen LogP contribution in [-0.4, -0.2) is 41.9 Å². The van der Waals surface area contributed by atoms with Gasteiger partial charge >= 0.3 is 0 Å². The van der Waals surface area contributed by atoms with Crippen molar-refractivity contribution in [1.29, 1.82) is 0 Å². The molecular weight excluding hydrogens is 344 g/mol. The second-order valence-corrected chi connectivity index (χ2v) is 7.64. The number of hydrogen-bond donors (Lipinski definition) is 1. The number of nitrogens with one attached hydrogen (secondary N) is 1. The largest absolute Gasteiger partial charge is 0.322 e. The summed E-state index contributed by atoms with van der Waals surface area (Å²) in [7, 11) is 0. The minimum absolute atomic E-state index is 0.444. The molecular formula is C24H25N4+. The second-order valence-electron chi connectivity index (χ2n) is 7.64. The van der Waals surface area contributed by atoms with E-state index in [1.807, 2.05) is 24.5 Å². The maximum atomic E-state index is 4.86. The van der Waals surface area contributed by atoms with E-state index in [1.54, 1.807) is 4.90 Å². The van der Waals surface area contributed by atoms with E-state index < -0.39 is 0 Å². The van der Waals surface area contributed by atoms with E-state index in [0.29, 0.717) is 6.04 Å². The first-order valence-electron chi connectivity index (χ1n) is 10.0. The highest BCUT2D eigenvalue weighted by Crippen LogP contribution is 2.41. The molecule has 1 saturated heterocycles. The van der Waals surface area contributed by atoms with Crippen LogP contribution in [0.1, 0.15) is 29.7 Å². The average Bonchev–Trinajstić information content (AvgIpc) is 3.09. The molecule has 1 N–H and O–H groups in total. The number of hydrazone groups is 1. The van der Waals surface area contributed by atoms with Crippen LogP contribution in [0.15, 0.2) is 78.2 Å². The van der Waals surface area contributed by atoms with Crippen LogP contribution in [0.4, 0.5) is 0 Å². The van der Waals surface area contributed by atoms with Gasteiger partial charge in [-0.25, -0.2) is 0 Å². The van der Waals surface area contributed by atoms with E-state index in [0.717, 1.165) is 37.5 Å². The fourth-order valence-corrected chi connectivity index (χ4v) is 4.63. The summed E-state index contributed by atoms with van der Waals surface area (Å²) in [6, 6.07) is 22.3. The first-order chi connectivity index (χ1) is 13.8. The number of fused-ring (bicyclic) bond motifs is 3. The summed E-state index contributed by atoms with van der Waals surface area (Å²) in [6.07, 6.45) is 3.65. The lowest BCUT2D eigenvalue weighted by molar-refractivity contribution is -0.929. The van der Waals surface area contributed by atoms with Crippen LogP contribution in [0.3, 0.4) is 0 Å². The van der Waals surface area contributed by atoms with E-state index >= 15 is 0 Å². The van der Waals surface area contributed by atoms with Crippen molar-refractivity contribution in [1.82, 2.24) is 9.99 Å². The highest BCUT2D eigenvalue weighted by molar-refractivity contribution is 5.98. The Balaban J connectivity index is 1.35. The Labute approximate surface area is 166 Å². The number of piperazine rings is 1. The molecule has 0 spiro atoms. The van der Waals surface area contributed by atoms with Gasteiger partial charge in [0, 0.05) is 29.1 Å². The van der Waals surface area contributed by atoms with Crippen molar-refractivity contribution in [2.24, 2.45) is 5.10 Å². The molecule has 0 unspecified atom stereocenters. The topological polar surface area (TPSA) is 32.9 Å². The number of hydrogen-bond acceptors (Lipinski definition) is 3. The van der Waals surface area contributed by atoms with E-state index in [-0.39, 0.29) is 0 Å². The van der Waals surface area contributed by atoms with Crippen molar-refractivity contribution in [3.05, 3.63) is 89.7 Å².